The van der Waals surface area contributed by atoms with Crippen molar-refractivity contribution in [2.24, 2.45) is 5.73 Å². The monoisotopic (exact) mass is 209 g/mol. The van der Waals surface area contributed by atoms with Gasteiger partial charge in [-0.15, -0.1) is 0 Å². The number of alkyl halides is 3. The van der Waals surface area contributed by atoms with Crippen LogP contribution in [0.15, 0.2) is 18.2 Å². The maximum absolute atomic E-state index is 12.6. The Bertz CT molecular complexity index is 337. The van der Waals surface area contributed by atoms with Gasteiger partial charge in [-0.05, 0) is 18.2 Å². The van der Waals surface area contributed by atoms with Gasteiger partial charge in [0.25, 0.3) is 0 Å². The second kappa shape index (κ2) is 3.45. The van der Waals surface area contributed by atoms with Crippen LogP contribution in [0, 0.1) is 5.82 Å². The van der Waals surface area contributed by atoms with Crippen LogP contribution in [0.5, 0.6) is 5.75 Å². The van der Waals surface area contributed by atoms with Crippen LogP contribution in [0.3, 0.4) is 0 Å². The van der Waals surface area contributed by atoms with Gasteiger partial charge in [-0.2, -0.15) is 13.2 Å². The second-order valence-corrected chi connectivity index (χ2v) is 2.72. The Kier molecular flexibility index (Phi) is 2.66. The fraction of sp³-hybridized carbons (Fsp3) is 0.250. The van der Waals surface area contributed by atoms with Crippen LogP contribution in [0.4, 0.5) is 17.6 Å². The lowest BCUT2D eigenvalue weighted by atomic mass is 10.1. The van der Waals surface area contributed by atoms with Crippen LogP contribution in [0.2, 0.25) is 0 Å². The van der Waals surface area contributed by atoms with Crippen LogP contribution in [-0.4, -0.2) is 11.3 Å². The molecule has 0 aliphatic carbocycles. The summed E-state index contributed by atoms with van der Waals surface area (Å²) in [5.41, 5.74) is 4.12. The maximum Gasteiger partial charge on any atom is 0.407 e. The summed E-state index contributed by atoms with van der Waals surface area (Å²) in [5, 5.41) is 9.02. The highest BCUT2D eigenvalue weighted by Gasteiger charge is 2.39. The van der Waals surface area contributed by atoms with E-state index in [1.165, 1.54) is 0 Å². The maximum atomic E-state index is 12.6. The molecule has 0 spiro atoms. The van der Waals surface area contributed by atoms with Gasteiger partial charge in [0.05, 0.1) is 0 Å². The highest BCUT2D eigenvalue weighted by atomic mass is 19.4. The SMILES string of the molecule is N[C@@H](c1cc(F)ccc1O)C(F)(F)F. The van der Waals surface area contributed by atoms with Crippen molar-refractivity contribution in [1.29, 1.82) is 0 Å². The summed E-state index contributed by atoms with van der Waals surface area (Å²) >= 11 is 0. The quantitative estimate of drug-likeness (QED) is 0.695. The van der Waals surface area contributed by atoms with Crippen molar-refractivity contribution in [3.8, 4) is 5.75 Å². The summed E-state index contributed by atoms with van der Waals surface area (Å²) < 4.78 is 48.8. The average molecular weight is 209 g/mol. The largest absolute Gasteiger partial charge is 0.508 e. The van der Waals surface area contributed by atoms with Gasteiger partial charge in [-0.1, -0.05) is 0 Å². The van der Waals surface area contributed by atoms with Gasteiger partial charge in [0, 0.05) is 5.56 Å². The van der Waals surface area contributed by atoms with Crippen molar-refractivity contribution in [3.63, 3.8) is 0 Å². The van der Waals surface area contributed by atoms with Gasteiger partial charge < -0.3 is 10.8 Å². The van der Waals surface area contributed by atoms with E-state index < -0.39 is 29.3 Å². The van der Waals surface area contributed by atoms with E-state index in [0.29, 0.717) is 6.07 Å². The highest BCUT2D eigenvalue weighted by molar-refractivity contribution is 5.35. The molecule has 0 aliphatic rings. The average Bonchev–Trinajstić information content (AvgIpc) is 2.06. The van der Waals surface area contributed by atoms with Crippen LogP contribution >= 0.6 is 0 Å². The lowest BCUT2D eigenvalue weighted by Crippen LogP contribution is -2.28. The number of aromatic hydroxyl groups is 1. The topological polar surface area (TPSA) is 46.2 Å². The van der Waals surface area contributed by atoms with Crippen molar-refractivity contribution in [2.45, 2.75) is 12.2 Å². The molecule has 0 saturated carbocycles. The molecule has 1 aromatic rings. The Morgan fingerprint density at radius 2 is 1.86 bits per heavy atom. The van der Waals surface area contributed by atoms with Gasteiger partial charge in [0.1, 0.15) is 17.6 Å². The number of benzene rings is 1. The van der Waals surface area contributed by atoms with Gasteiger partial charge in [0.15, 0.2) is 0 Å². The van der Waals surface area contributed by atoms with E-state index in [1.807, 2.05) is 0 Å². The molecule has 0 fully saturated rings. The van der Waals surface area contributed by atoms with E-state index >= 15 is 0 Å². The highest BCUT2D eigenvalue weighted by Crippen LogP contribution is 2.34. The van der Waals surface area contributed by atoms with E-state index in [-0.39, 0.29) is 0 Å². The van der Waals surface area contributed by atoms with Gasteiger partial charge in [0.2, 0.25) is 0 Å². The number of nitrogens with two attached hydrogens (primary N) is 1. The van der Waals surface area contributed by atoms with Crippen LogP contribution in [0.25, 0.3) is 0 Å². The smallest absolute Gasteiger partial charge is 0.407 e. The van der Waals surface area contributed by atoms with Gasteiger partial charge in [-0.25, -0.2) is 4.39 Å². The molecule has 1 aromatic carbocycles. The third-order valence-corrected chi connectivity index (χ3v) is 1.68. The predicted molar refractivity (Wildman–Crippen MR) is 41.0 cm³/mol. The Morgan fingerprint density at radius 1 is 1.29 bits per heavy atom. The molecule has 6 heteroatoms. The predicted octanol–water partition coefficient (Wildman–Crippen LogP) is 2.09. The van der Waals surface area contributed by atoms with E-state index in [9.17, 15) is 17.6 Å². The molecule has 2 nitrogen and oxygen atoms in total. The summed E-state index contributed by atoms with van der Waals surface area (Å²) in [7, 11) is 0. The Morgan fingerprint density at radius 3 is 2.36 bits per heavy atom. The van der Waals surface area contributed by atoms with Crippen LogP contribution in [-0.2, 0) is 0 Å². The number of phenols is 1. The van der Waals surface area contributed by atoms with E-state index in [2.05, 4.69) is 0 Å². The summed E-state index contributed by atoms with van der Waals surface area (Å²) in [4.78, 5) is 0. The Hall–Kier alpha value is -1.30. The molecule has 3 N–H and O–H groups in total. The summed E-state index contributed by atoms with van der Waals surface area (Å²) in [6.07, 6.45) is -4.70. The lowest BCUT2D eigenvalue weighted by Gasteiger charge is -2.16. The van der Waals surface area contributed by atoms with Crippen molar-refractivity contribution >= 4 is 0 Å². The second-order valence-electron chi connectivity index (χ2n) is 2.72. The van der Waals surface area contributed by atoms with E-state index in [4.69, 9.17) is 10.8 Å². The lowest BCUT2D eigenvalue weighted by molar-refractivity contribution is -0.149. The molecule has 0 bridgehead atoms. The summed E-state index contributed by atoms with van der Waals surface area (Å²) in [5.74, 6) is -1.55. The van der Waals surface area contributed by atoms with Crippen LogP contribution < -0.4 is 5.73 Å². The first-order valence-corrected chi connectivity index (χ1v) is 3.63. The molecule has 78 valence electrons. The molecule has 0 heterocycles. The molecular weight excluding hydrogens is 202 g/mol. The third-order valence-electron chi connectivity index (χ3n) is 1.68. The summed E-state index contributed by atoms with van der Waals surface area (Å²) in [6, 6.07) is -0.135. The number of hydrogen-bond acceptors (Lipinski definition) is 2. The zero-order valence-electron chi connectivity index (χ0n) is 6.85. The molecule has 0 aliphatic heterocycles. The first kappa shape index (κ1) is 10.8. The standard InChI is InChI=1S/C8H7F4NO/c9-4-1-2-6(14)5(3-4)7(13)8(10,11)12/h1-3,7,14H,13H2/t7-/m0/s1. The molecule has 1 rings (SSSR count). The Balaban J connectivity index is 3.12. The molecule has 0 saturated heterocycles. The van der Waals surface area contributed by atoms with Crippen molar-refractivity contribution < 1.29 is 22.7 Å². The molecule has 0 radical (unpaired) electrons. The van der Waals surface area contributed by atoms with Crippen molar-refractivity contribution in [2.75, 3.05) is 0 Å². The fourth-order valence-corrected chi connectivity index (χ4v) is 0.951. The first-order chi connectivity index (χ1) is 6.32. The number of halogens is 4. The summed E-state index contributed by atoms with van der Waals surface area (Å²) in [6.45, 7) is 0. The minimum absolute atomic E-state index is 0.563. The molecule has 14 heavy (non-hydrogen) atoms. The third kappa shape index (κ3) is 2.14. The number of phenolic OH excluding ortho intramolecular Hbond substituents is 1. The molecule has 1 atom stereocenters. The number of hydrogen-bond donors (Lipinski definition) is 2. The van der Waals surface area contributed by atoms with E-state index in [0.717, 1.165) is 12.1 Å². The minimum Gasteiger partial charge on any atom is -0.508 e. The van der Waals surface area contributed by atoms with Gasteiger partial charge >= 0.3 is 6.18 Å². The fourth-order valence-electron chi connectivity index (χ4n) is 0.951. The minimum atomic E-state index is -4.70. The zero-order chi connectivity index (χ0) is 10.9. The molecular formula is C8H7F4NO. The first-order valence-electron chi connectivity index (χ1n) is 3.63. The Labute approximate surface area is 77.0 Å². The molecule has 0 amide bonds. The number of rotatable bonds is 1. The van der Waals surface area contributed by atoms with Gasteiger partial charge in [-0.3, -0.25) is 0 Å². The zero-order valence-corrected chi connectivity index (χ0v) is 6.85. The normalized spacial score (nSPS) is 14.1. The molecule has 0 unspecified atom stereocenters. The molecule has 0 aromatic heterocycles. The van der Waals surface area contributed by atoms with E-state index in [1.54, 1.807) is 0 Å². The van der Waals surface area contributed by atoms with Crippen molar-refractivity contribution in [3.05, 3.63) is 29.6 Å². The van der Waals surface area contributed by atoms with Crippen molar-refractivity contribution in [1.82, 2.24) is 0 Å². The van der Waals surface area contributed by atoms with Crippen LogP contribution in [0.1, 0.15) is 11.6 Å².